The van der Waals surface area contributed by atoms with Crippen molar-refractivity contribution in [3.8, 4) is 0 Å². The molecule has 0 saturated carbocycles. The van der Waals surface area contributed by atoms with Crippen LogP contribution in [-0.4, -0.2) is 83.1 Å². The molecule has 21 heavy (non-hydrogen) atoms. The molecule has 1 saturated heterocycles. The van der Waals surface area contributed by atoms with Crippen LogP contribution in [0.5, 0.6) is 0 Å². The molecule has 0 spiro atoms. The van der Waals surface area contributed by atoms with Gasteiger partial charge in [-0.2, -0.15) is 5.10 Å². The van der Waals surface area contributed by atoms with Crippen molar-refractivity contribution >= 4 is 0 Å². The van der Waals surface area contributed by atoms with E-state index in [1.165, 1.54) is 0 Å². The van der Waals surface area contributed by atoms with Crippen LogP contribution < -0.4 is 5.32 Å². The quantitative estimate of drug-likeness (QED) is 0.743. The molecule has 1 aromatic rings. The second kappa shape index (κ2) is 7.89. The number of nitrogens with zero attached hydrogens (tertiary/aromatic N) is 4. The Labute approximate surface area is 127 Å². The van der Waals surface area contributed by atoms with Gasteiger partial charge in [-0.05, 0) is 27.0 Å². The number of rotatable bonds is 7. The third-order valence-electron chi connectivity index (χ3n) is 4.41. The van der Waals surface area contributed by atoms with Gasteiger partial charge >= 0.3 is 0 Å². The Morgan fingerprint density at radius 2 is 1.95 bits per heavy atom. The van der Waals surface area contributed by atoms with Crippen LogP contribution in [-0.2, 0) is 0 Å². The third-order valence-corrected chi connectivity index (χ3v) is 4.41. The van der Waals surface area contributed by atoms with Gasteiger partial charge in [0.05, 0.1) is 12.1 Å². The molecule has 1 aromatic heterocycles. The normalized spacial score (nSPS) is 22.1. The molecule has 2 rings (SSSR count). The van der Waals surface area contributed by atoms with Gasteiger partial charge in [0.2, 0.25) is 0 Å². The van der Waals surface area contributed by atoms with Crippen molar-refractivity contribution in [2.45, 2.75) is 32.0 Å². The van der Waals surface area contributed by atoms with Gasteiger partial charge in [0.25, 0.3) is 0 Å². The zero-order chi connectivity index (χ0) is 15.2. The SMILES string of the molecule is C[C@H](NC[C@H](O)CN1CCN(C)CC1)[C@H](C)n1cccn1. The van der Waals surface area contributed by atoms with Crippen LogP contribution in [0.2, 0.25) is 0 Å². The lowest BCUT2D eigenvalue weighted by Gasteiger charge is -2.34. The topological polar surface area (TPSA) is 56.6 Å². The maximum absolute atomic E-state index is 10.2. The van der Waals surface area contributed by atoms with Crippen LogP contribution in [0.1, 0.15) is 19.9 Å². The molecule has 0 amide bonds. The van der Waals surface area contributed by atoms with E-state index in [9.17, 15) is 5.11 Å². The Morgan fingerprint density at radius 3 is 2.57 bits per heavy atom. The molecule has 120 valence electrons. The van der Waals surface area contributed by atoms with E-state index in [0.29, 0.717) is 6.54 Å². The molecule has 3 atom stereocenters. The molecular weight excluding hydrogens is 266 g/mol. The highest BCUT2D eigenvalue weighted by molar-refractivity contribution is 4.84. The van der Waals surface area contributed by atoms with E-state index in [1.54, 1.807) is 6.20 Å². The molecule has 0 aromatic carbocycles. The van der Waals surface area contributed by atoms with Gasteiger partial charge in [-0.1, -0.05) is 0 Å². The van der Waals surface area contributed by atoms with Gasteiger partial charge in [0.1, 0.15) is 0 Å². The Morgan fingerprint density at radius 1 is 1.24 bits per heavy atom. The number of aliphatic hydroxyl groups excluding tert-OH is 1. The van der Waals surface area contributed by atoms with E-state index in [1.807, 2.05) is 16.9 Å². The minimum absolute atomic E-state index is 0.270. The fraction of sp³-hybridized carbons (Fsp3) is 0.800. The second-order valence-corrected chi connectivity index (χ2v) is 6.18. The Bertz CT molecular complexity index is 389. The number of aliphatic hydroxyl groups is 1. The smallest absolute Gasteiger partial charge is 0.0791 e. The number of piperazine rings is 1. The highest BCUT2D eigenvalue weighted by Crippen LogP contribution is 2.09. The predicted octanol–water partition coefficient (Wildman–Crippen LogP) is 0.0305. The summed E-state index contributed by atoms with van der Waals surface area (Å²) >= 11 is 0. The van der Waals surface area contributed by atoms with Gasteiger partial charge in [-0.25, -0.2) is 0 Å². The molecule has 2 N–H and O–H groups in total. The monoisotopic (exact) mass is 295 g/mol. The summed E-state index contributed by atoms with van der Waals surface area (Å²) in [5, 5.41) is 17.9. The maximum atomic E-state index is 10.2. The molecule has 0 aliphatic carbocycles. The van der Waals surface area contributed by atoms with Crippen LogP contribution in [0.4, 0.5) is 0 Å². The van der Waals surface area contributed by atoms with Gasteiger partial charge in [0.15, 0.2) is 0 Å². The van der Waals surface area contributed by atoms with Crippen molar-refractivity contribution < 1.29 is 5.11 Å². The largest absolute Gasteiger partial charge is 0.390 e. The van der Waals surface area contributed by atoms with Crippen LogP contribution in [0.15, 0.2) is 18.5 Å². The molecule has 6 nitrogen and oxygen atoms in total. The standard InChI is InChI=1S/C15H29N5O/c1-13(14(2)20-6-4-5-17-20)16-11-15(21)12-19-9-7-18(3)8-10-19/h4-6,13-16,21H,7-12H2,1-3H3/t13-,14-,15-/m0/s1. The molecule has 0 bridgehead atoms. The molecule has 0 unspecified atom stereocenters. The molecule has 0 radical (unpaired) electrons. The third kappa shape index (κ3) is 5.07. The van der Waals surface area contributed by atoms with Crippen LogP contribution >= 0.6 is 0 Å². The van der Waals surface area contributed by atoms with E-state index >= 15 is 0 Å². The number of aromatic nitrogens is 2. The first-order valence-corrected chi connectivity index (χ1v) is 7.87. The van der Waals surface area contributed by atoms with Crippen molar-refractivity contribution in [2.75, 3.05) is 46.3 Å². The van der Waals surface area contributed by atoms with E-state index in [2.05, 4.69) is 41.1 Å². The Balaban J connectivity index is 1.67. The zero-order valence-corrected chi connectivity index (χ0v) is 13.4. The summed E-state index contributed by atoms with van der Waals surface area (Å²) in [4.78, 5) is 4.67. The average molecular weight is 295 g/mol. The lowest BCUT2D eigenvalue weighted by Crippen LogP contribution is -2.49. The molecule has 1 fully saturated rings. The zero-order valence-electron chi connectivity index (χ0n) is 13.4. The minimum Gasteiger partial charge on any atom is -0.390 e. The first kappa shape index (κ1) is 16.4. The summed E-state index contributed by atoms with van der Waals surface area (Å²) in [6.45, 7) is 9.93. The molecule has 1 aliphatic heterocycles. The van der Waals surface area contributed by atoms with Crippen LogP contribution in [0, 0.1) is 0 Å². The number of hydrogen-bond acceptors (Lipinski definition) is 5. The first-order valence-electron chi connectivity index (χ1n) is 7.87. The highest BCUT2D eigenvalue weighted by Gasteiger charge is 2.19. The predicted molar refractivity (Wildman–Crippen MR) is 84.3 cm³/mol. The van der Waals surface area contributed by atoms with E-state index in [-0.39, 0.29) is 18.2 Å². The van der Waals surface area contributed by atoms with E-state index < -0.39 is 0 Å². The summed E-state index contributed by atoms with van der Waals surface area (Å²) < 4.78 is 1.95. The fourth-order valence-electron chi connectivity index (χ4n) is 2.64. The van der Waals surface area contributed by atoms with E-state index in [4.69, 9.17) is 0 Å². The van der Waals surface area contributed by atoms with Gasteiger partial charge < -0.3 is 15.3 Å². The van der Waals surface area contributed by atoms with Crippen LogP contribution in [0.3, 0.4) is 0 Å². The first-order chi connectivity index (χ1) is 10.1. The Kier molecular flexibility index (Phi) is 6.17. The summed E-state index contributed by atoms with van der Waals surface area (Å²) in [5.41, 5.74) is 0. The summed E-state index contributed by atoms with van der Waals surface area (Å²) in [5.74, 6) is 0. The van der Waals surface area contributed by atoms with Crippen molar-refractivity contribution in [3.63, 3.8) is 0 Å². The molecular formula is C15H29N5O. The number of likely N-dealkylation sites (N-methyl/N-ethyl adjacent to an activating group) is 1. The van der Waals surface area contributed by atoms with Crippen molar-refractivity contribution in [1.29, 1.82) is 0 Å². The van der Waals surface area contributed by atoms with E-state index in [0.717, 1.165) is 32.7 Å². The number of nitrogens with one attached hydrogen (secondary N) is 1. The number of hydrogen-bond donors (Lipinski definition) is 2. The molecule has 6 heteroatoms. The lowest BCUT2D eigenvalue weighted by molar-refractivity contribution is 0.0777. The number of β-amino-alcohol motifs (C(OH)–C–C–N with tert-alkyl or cyclic N) is 1. The van der Waals surface area contributed by atoms with Crippen molar-refractivity contribution in [2.24, 2.45) is 0 Å². The lowest BCUT2D eigenvalue weighted by atomic mass is 10.1. The minimum atomic E-state index is -0.319. The summed E-state index contributed by atoms with van der Waals surface area (Å²) in [6.07, 6.45) is 3.45. The Hall–Kier alpha value is -0.950. The average Bonchev–Trinajstić information content (AvgIpc) is 3.00. The van der Waals surface area contributed by atoms with Crippen molar-refractivity contribution in [1.82, 2.24) is 24.9 Å². The summed E-state index contributed by atoms with van der Waals surface area (Å²) in [7, 11) is 2.15. The maximum Gasteiger partial charge on any atom is 0.0791 e. The fourth-order valence-corrected chi connectivity index (χ4v) is 2.64. The van der Waals surface area contributed by atoms with Gasteiger partial charge in [0, 0.05) is 57.7 Å². The second-order valence-electron chi connectivity index (χ2n) is 6.18. The highest BCUT2D eigenvalue weighted by atomic mass is 16.3. The summed E-state index contributed by atoms with van der Waals surface area (Å²) in [6, 6.07) is 2.48. The van der Waals surface area contributed by atoms with Crippen LogP contribution in [0.25, 0.3) is 0 Å². The van der Waals surface area contributed by atoms with Gasteiger partial charge in [-0.3, -0.25) is 9.58 Å². The van der Waals surface area contributed by atoms with Crippen molar-refractivity contribution in [3.05, 3.63) is 18.5 Å². The van der Waals surface area contributed by atoms with Gasteiger partial charge in [-0.15, -0.1) is 0 Å². The molecule has 1 aliphatic rings. The molecule has 2 heterocycles.